The molecule has 1 heterocycles. The summed E-state index contributed by atoms with van der Waals surface area (Å²) in [5.74, 6) is -1.32. The molecule has 0 unspecified atom stereocenters. The van der Waals surface area contributed by atoms with E-state index >= 15 is 0 Å². The second-order valence-corrected chi connectivity index (χ2v) is 2.74. The van der Waals surface area contributed by atoms with E-state index in [0.717, 1.165) is 6.07 Å². The highest BCUT2D eigenvalue weighted by Crippen LogP contribution is 2.30. The maximum absolute atomic E-state index is 12.0. The fourth-order valence-electron chi connectivity index (χ4n) is 1.02. The van der Waals surface area contributed by atoms with E-state index in [0.29, 0.717) is 0 Å². The van der Waals surface area contributed by atoms with Gasteiger partial charge in [-0.3, -0.25) is 0 Å². The van der Waals surface area contributed by atoms with E-state index in [4.69, 9.17) is 16.7 Å². The van der Waals surface area contributed by atoms with Crippen LogP contribution in [0, 0.1) is 11.3 Å². The van der Waals surface area contributed by atoms with E-state index in [1.807, 2.05) is 0 Å². The monoisotopic (exact) mass is 232 g/mol. The third-order valence-corrected chi connectivity index (χ3v) is 1.60. The Morgan fingerprint density at radius 3 is 2.56 bits per heavy atom. The fourth-order valence-corrected chi connectivity index (χ4v) is 1.02. The Balaban J connectivity index is 3.23. The van der Waals surface area contributed by atoms with Crippen molar-refractivity contribution in [2.75, 3.05) is 5.73 Å². The fraction of sp³-hybridized carbons (Fsp3) is 0.250. The number of ether oxygens (including phenoxy) is 1. The highest BCUT2D eigenvalue weighted by Gasteiger charge is 2.33. The van der Waals surface area contributed by atoms with Crippen LogP contribution in [0.3, 0.4) is 0 Å². The number of nitrogens with two attached hydrogens (primary N) is 2. The number of hydrogen-bond donors (Lipinski definition) is 2. The number of rotatable bonds is 2. The van der Waals surface area contributed by atoms with Crippen LogP contribution in [0.2, 0.25) is 0 Å². The predicted molar refractivity (Wildman–Crippen MR) is 47.9 cm³/mol. The normalized spacial score (nSPS) is 10.9. The van der Waals surface area contributed by atoms with Gasteiger partial charge < -0.3 is 16.2 Å². The van der Waals surface area contributed by atoms with E-state index in [2.05, 4.69) is 9.72 Å². The van der Waals surface area contributed by atoms with Crippen molar-refractivity contribution in [2.45, 2.75) is 12.9 Å². The molecule has 8 heteroatoms. The molecule has 1 aromatic rings. The van der Waals surface area contributed by atoms with Crippen molar-refractivity contribution < 1.29 is 17.9 Å². The molecule has 5 nitrogen and oxygen atoms in total. The Kier molecular flexibility index (Phi) is 3.20. The summed E-state index contributed by atoms with van der Waals surface area (Å²) in [7, 11) is 0. The highest BCUT2D eigenvalue weighted by atomic mass is 19.4. The van der Waals surface area contributed by atoms with E-state index in [-0.39, 0.29) is 17.8 Å². The minimum atomic E-state index is -4.92. The van der Waals surface area contributed by atoms with E-state index < -0.39 is 17.9 Å². The summed E-state index contributed by atoms with van der Waals surface area (Å²) in [4.78, 5) is 3.56. The summed E-state index contributed by atoms with van der Waals surface area (Å²) in [6.45, 7) is -0.0365. The minimum Gasteiger partial charge on any atom is -0.400 e. The third kappa shape index (κ3) is 2.74. The summed E-state index contributed by atoms with van der Waals surface area (Å²) in [5.41, 5.74) is 10.3. The maximum Gasteiger partial charge on any atom is 0.573 e. The number of pyridine rings is 1. The van der Waals surface area contributed by atoms with Crippen LogP contribution in [0.15, 0.2) is 6.07 Å². The van der Waals surface area contributed by atoms with Gasteiger partial charge in [0, 0.05) is 6.54 Å². The molecule has 86 valence electrons. The largest absolute Gasteiger partial charge is 0.573 e. The number of hydrogen-bond acceptors (Lipinski definition) is 5. The molecular weight excluding hydrogens is 225 g/mol. The lowest BCUT2D eigenvalue weighted by Crippen LogP contribution is -2.19. The van der Waals surface area contributed by atoms with Crippen LogP contribution in [-0.2, 0) is 6.54 Å². The van der Waals surface area contributed by atoms with Gasteiger partial charge in [-0.15, -0.1) is 13.2 Å². The number of aromatic nitrogens is 1. The first-order chi connectivity index (χ1) is 7.37. The van der Waals surface area contributed by atoms with Crippen LogP contribution in [0.4, 0.5) is 19.0 Å². The van der Waals surface area contributed by atoms with Gasteiger partial charge >= 0.3 is 6.36 Å². The van der Waals surface area contributed by atoms with Gasteiger partial charge in [0.1, 0.15) is 11.6 Å². The second kappa shape index (κ2) is 4.24. The molecule has 0 radical (unpaired) electrons. The lowest BCUT2D eigenvalue weighted by atomic mass is 10.2. The van der Waals surface area contributed by atoms with Gasteiger partial charge in [0.2, 0.25) is 0 Å². The molecule has 0 amide bonds. The Bertz CT molecular complexity index is 438. The molecule has 0 saturated heterocycles. The molecule has 1 rings (SSSR count). The van der Waals surface area contributed by atoms with Crippen molar-refractivity contribution in [1.82, 2.24) is 4.98 Å². The Labute approximate surface area is 88.4 Å². The Morgan fingerprint density at radius 2 is 2.12 bits per heavy atom. The number of anilines is 1. The quantitative estimate of drug-likeness (QED) is 0.789. The van der Waals surface area contributed by atoms with Crippen molar-refractivity contribution in [2.24, 2.45) is 5.73 Å². The summed E-state index contributed by atoms with van der Waals surface area (Å²) < 4.78 is 39.5. The standard InChI is InChI=1S/C8H7F3N4O/c9-8(10,11)16-6-4(2-12)1-5(3-13)15-7(6)14/h1H,3,13H2,(H2,14,15). The topological polar surface area (TPSA) is 98.0 Å². The van der Waals surface area contributed by atoms with Crippen molar-refractivity contribution in [1.29, 1.82) is 5.26 Å². The van der Waals surface area contributed by atoms with Gasteiger partial charge in [0.25, 0.3) is 0 Å². The average Bonchev–Trinajstić information content (AvgIpc) is 2.19. The van der Waals surface area contributed by atoms with E-state index in [1.165, 1.54) is 6.07 Å². The van der Waals surface area contributed by atoms with Crippen LogP contribution < -0.4 is 16.2 Å². The summed E-state index contributed by atoms with van der Waals surface area (Å²) in [6, 6.07) is 2.63. The van der Waals surface area contributed by atoms with Crippen LogP contribution in [0.1, 0.15) is 11.3 Å². The first-order valence-corrected chi connectivity index (χ1v) is 4.02. The van der Waals surface area contributed by atoms with E-state index in [9.17, 15) is 13.2 Å². The lowest BCUT2D eigenvalue weighted by molar-refractivity contribution is -0.274. The van der Waals surface area contributed by atoms with Gasteiger partial charge in [-0.25, -0.2) is 4.98 Å². The minimum absolute atomic E-state index is 0.0365. The van der Waals surface area contributed by atoms with Crippen LogP contribution in [0.25, 0.3) is 0 Å². The molecule has 0 fully saturated rings. The number of nitriles is 1. The molecule has 1 aromatic heterocycles. The molecular formula is C8H7F3N4O. The first-order valence-electron chi connectivity index (χ1n) is 4.02. The van der Waals surface area contributed by atoms with Gasteiger partial charge in [0.05, 0.1) is 5.69 Å². The predicted octanol–water partition coefficient (Wildman–Crippen LogP) is 0.893. The number of nitrogens with zero attached hydrogens (tertiary/aromatic N) is 2. The van der Waals surface area contributed by atoms with Gasteiger partial charge in [0.15, 0.2) is 11.6 Å². The SMILES string of the molecule is N#Cc1cc(CN)nc(N)c1OC(F)(F)F. The van der Waals surface area contributed by atoms with Gasteiger partial charge in [-0.05, 0) is 6.07 Å². The molecule has 0 bridgehead atoms. The smallest absolute Gasteiger partial charge is 0.400 e. The molecule has 0 saturated carbocycles. The summed E-state index contributed by atoms with van der Waals surface area (Å²) in [5, 5.41) is 8.64. The number of alkyl halides is 3. The van der Waals surface area contributed by atoms with Gasteiger partial charge in [-0.1, -0.05) is 0 Å². The lowest BCUT2D eigenvalue weighted by Gasteiger charge is -2.12. The van der Waals surface area contributed by atoms with Crippen molar-refractivity contribution in [3.63, 3.8) is 0 Å². The van der Waals surface area contributed by atoms with Crippen molar-refractivity contribution in [3.8, 4) is 11.8 Å². The zero-order valence-electron chi connectivity index (χ0n) is 7.88. The molecule has 0 aliphatic carbocycles. The maximum atomic E-state index is 12.0. The van der Waals surface area contributed by atoms with Gasteiger partial charge in [-0.2, -0.15) is 5.26 Å². The molecule has 0 aromatic carbocycles. The highest BCUT2D eigenvalue weighted by molar-refractivity contribution is 5.57. The molecule has 4 N–H and O–H groups in total. The van der Waals surface area contributed by atoms with Crippen molar-refractivity contribution >= 4 is 5.82 Å². The van der Waals surface area contributed by atoms with Crippen LogP contribution in [-0.4, -0.2) is 11.3 Å². The molecule has 0 aliphatic heterocycles. The number of halogens is 3. The van der Waals surface area contributed by atoms with Crippen LogP contribution >= 0.6 is 0 Å². The summed E-state index contributed by atoms with van der Waals surface area (Å²) in [6.07, 6.45) is -4.92. The molecule has 0 aliphatic rings. The molecule has 0 spiro atoms. The van der Waals surface area contributed by atoms with E-state index in [1.54, 1.807) is 0 Å². The average molecular weight is 232 g/mol. The zero-order chi connectivity index (χ0) is 12.3. The third-order valence-electron chi connectivity index (χ3n) is 1.60. The molecule has 0 atom stereocenters. The Hall–Kier alpha value is -2.01. The Morgan fingerprint density at radius 1 is 1.50 bits per heavy atom. The second-order valence-electron chi connectivity index (χ2n) is 2.74. The summed E-state index contributed by atoms with van der Waals surface area (Å²) >= 11 is 0. The zero-order valence-corrected chi connectivity index (χ0v) is 7.88. The number of nitrogen functional groups attached to an aromatic ring is 1. The van der Waals surface area contributed by atoms with Crippen LogP contribution in [0.5, 0.6) is 5.75 Å². The molecule has 16 heavy (non-hydrogen) atoms. The van der Waals surface area contributed by atoms with Crippen molar-refractivity contribution in [3.05, 3.63) is 17.3 Å². The first kappa shape index (κ1) is 12.1.